The Labute approximate surface area is 88.2 Å². The van der Waals surface area contributed by atoms with E-state index in [4.69, 9.17) is 0 Å². The lowest BCUT2D eigenvalue weighted by Gasteiger charge is -1.99. The maximum Gasteiger partial charge on any atom is 0.205 e. The van der Waals surface area contributed by atoms with Crippen molar-refractivity contribution in [2.24, 2.45) is 14.1 Å². The topological polar surface area (TPSA) is 7.76 Å². The Morgan fingerprint density at radius 1 is 0.933 bits per heavy atom. The number of halogens is 1. The van der Waals surface area contributed by atoms with Gasteiger partial charge in [0.2, 0.25) is 6.20 Å². The molecular weight excluding hydrogens is 191 g/mol. The van der Waals surface area contributed by atoms with Crippen molar-refractivity contribution in [3.63, 3.8) is 0 Å². The molecule has 2 nitrogen and oxygen atoms in total. The van der Waals surface area contributed by atoms with Crippen molar-refractivity contribution >= 4 is 0 Å². The zero-order valence-corrected chi connectivity index (χ0v) is 8.81. The molecule has 0 radical (unpaired) electrons. The fraction of sp³-hybridized carbons (Fsp3) is 0.167. The van der Waals surface area contributed by atoms with Crippen LogP contribution < -0.4 is 9.13 Å². The summed E-state index contributed by atoms with van der Waals surface area (Å²) in [4.78, 5) is 0. The first kappa shape index (κ1) is 9.77. The van der Waals surface area contributed by atoms with E-state index >= 15 is 0 Å². The van der Waals surface area contributed by atoms with Gasteiger partial charge in [-0.15, -0.1) is 0 Å². The third-order valence-corrected chi connectivity index (χ3v) is 2.34. The van der Waals surface area contributed by atoms with Gasteiger partial charge in [0, 0.05) is 23.8 Å². The Morgan fingerprint density at radius 3 is 2.13 bits per heavy atom. The molecule has 0 fully saturated rings. The Kier molecular flexibility index (Phi) is 2.46. The molecule has 2 aromatic rings. The standard InChI is InChI=1S/C12H13FN2/c1-14-6-3-10(4-7-14)11-5-8-15(2)9-12(11)13/h3-9H,1-2H3/q+2. The summed E-state index contributed by atoms with van der Waals surface area (Å²) in [5.74, 6) is -0.200. The van der Waals surface area contributed by atoms with Crippen molar-refractivity contribution in [3.8, 4) is 11.1 Å². The molecule has 0 aliphatic rings. The Hall–Kier alpha value is -1.77. The highest BCUT2D eigenvalue weighted by molar-refractivity contribution is 5.61. The van der Waals surface area contributed by atoms with Crippen LogP contribution >= 0.6 is 0 Å². The molecule has 0 spiro atoms. The van der Waals surface area contributed by atoms with Crippen LogP contribution in [0.2, 0.25) is 0 Å². The predicted molar refractivity (Wildman–Crippen MR) is 54.2 cm³/mol. The maximum absolute atomic E-state index is 13.6. The predicted octanol–water partition coefficient (Wildman–Crippen LogP) is 1.14. The number of nitrogens with zero attached hydrogens (tertiary/aromatic N) is 2. The molecule has 0 aliphatic carbocycles. The summed E-state index contributed by atoms with van der Waals surface area (Å²) >= 11 is 0. The second kappa shape index (κ2) is 3.77. The van der Waals surface area contributed by atoms with E-state index in [2.05, 4.69) is 0 Å². The molecule has 0 atom stereocenters. The van der Waals surface area contributed by atoms with Crippen molar-refractivity contribution in [1.82, 2.24) is 0 Å². The van der Waals surface area contributed by atoms with E-state index in [1.54, 1.807) is 17.7 Å². The minimum atomic E-state index is -0.200. The Bertz CT molecular complexity index is 477. The highest BCUT2D eigenvalue weighted by atomic mass is 19.1. The average molecular weight is 204 g/mol. The van der Waals surface area contributed by atoms with Crippen LogP contribution in [0.15, 0.2) is 43.0 Å². The van der Waals surface area contributed by atoms with Crippen LogP contribution in [0.1, 0.15) is 0 Å². The fourth-order valence-corrected chi connectivity index (χ4v) is 1.48. The van der Waals surface area contributed by atoms with E-state index in [1.807, 2.05) is 42.3 Å². The molecule has 0 bridgehead atoms. The fourth-order valence-electron chi connectivity index (χ4n) is 1.48. The summed E-state index contributed by atoms with van der Waals surface area (Å²) in [5, 5.41) is 0. The molecule has 0 saturated carbocycles. The van der Waals surface area contributed by atoms with Crippen molar-refractivity contribution in [2.75, 3.05) is 0 Å². The van der Waals surface area contributed by atoms with Gasteiger partial charge in [0.05, 0.1) is 0 Å². The van der Waals surface area contributed by atoms with Gasteiger partial charge in [-0.25, -0.2) is 9.13 Å². The van der Waals surface area contributed by atoms with Gasteiger partial charge in [0.1, 0.15) is 14.1 Å². The van der Waals surface area contributed by atoms with E-state index < -0.39 is 0 Å². The number of aryl methyl sites for hydroxylation is 2. The molecular formula is C12H13FN2+2. The van der Waals surface area contributed by atoms with E-state index in [0.29, 0.717) is 5.56 Å². The summed E-state index contributed by atoms with van der Waals surface area (Å²) < 4.78 is 17.2. The SMILES string of the molecule is C[n+]1ccc(-c2cc[n+](C)cc2F)cc1. The summed E-state index contributed by atoms with van der Waals surface area (Å²) in [5.41, 5.74) is 1.53. The van der Waals surface area contributed by atoms with Crippen LogP contribution in [-0.2, 0) is 14.1 Å². The van der Waals surface area contributed by atoms with Crippen molar-refractivity contribution in [3.05, 3.63) is 48.8 Å². The zero-order valence-electron chi connectivity index (χ0n) is 8.81. The van der Waals surface area contributed by atoms with Crippen LogP contribution in [0.3, 0.4) is 0 Å². The molecule has 76 valence electrons. The number of hydrogen-bond acceptors (Lipinski definition) is 0. The second-order valence-corrected chi connectivity index (χ2v) is 3.62. The van der Waals surface area contributed by atoms with Crippen LogP contribution in [0.4, 0.5) is 4.39 Å². The van der Waals surface area contributed by atoms with Crippen molar-refractivity contribution in [1.29, 1.82) is 0 Å². The van der Waals surface area contributed by atoms with Gasteiger partial charge in [-0.1, -0.05) is 0 Å². The lowest BCUT2D eigenvalue weighted by molar-refractivity contribution is -0.673. The van der Waals surface area contributed by atoms with Crippen LogP contribution in [0.5, 0.6) is 0 Å². The largest absolute Gasteiger partial charge is 0.208 e. The van der Waals surface area contributed by atoms with E-state index in [-0.39, 0.29) is 5.82 Å². The number of hydrogen-bond donors (Lipinski definition) is 0. The number of rotatable bonds is 1. The molecule has 0 saturated heterocycles. The highest BCUT2D eigenvalue weighted by Crippen LogP contribution is 2.19. The van der Waals surface area contributed by atoms with E-state index in [1.165, 1.54) is 6.20 Å². The normalized spacial score (nSPS) is 10.3. The monoisotopic (exact) mass is 204 g/mol. The molecule has 0 amide bonds. The first-order valence-corrected chi connectivity index (χ1v) is 4.77. The quantitative estimate of drug-likeness (QED) is 0.615. The van der Waals surface area contributed by atoms with Gasteiger partial charge >= 0.3 is 0 Å². The minimum absolute atomic E-state index is 0.200. The molecule has 2 heterocycles. The summed E-state index contributed by atoms with van der Waals surface area (Å²) in [6, 6.07) is 5.58. The van der Waals surface area contributed by atoms with E-state index in [0.717, 1.165) is 5.56 Å². The molecule has 0 aromatic carbocycles. The first-order chi connectivity index (χ1) is 7.16. The van der Waals surface area contributed by atoms with Crippen LogP contribution in [-0.4, -0.2) is 0 Å². The van der Waals surface area contributed by atoms with Crippen LogP contribution in [0, 0.1) is 5.82 Å². The first-order valence-electron chi connectivity index (χ1n) is 4.77. The number of aromatic nitrogens is 2. The molecule has 0 aliphatic heterocycles. The highest BCUT2D eigenvalue weighted by Gasteiger charge is 2.09. The van der Waals surface area contributed by atoms with Gasteiger partial charge in [0.25, 0.3) is 0 Å². The van der Waals surface area contributed by atoms with Gasteiger partial charge in [-0.2, -0.15) is 4.39 Å². The molecule has 2 aromatic heterocycles. The lowest BCUT2D eigenvalue weighted by atomic mass is 10.1. The van der Waals surface area contributed by atoms with Crippen molar-refractivity contribution < 1.29 is 13.5 Å². The smallest absolute Gasteiger partial charge is 0.205 e. The molecule has 0 unspecified atom stereocenters. The van der Waals surface area contributed by atoms with Gasteiger partial charge in [0.15, 0.2) is 24.4 Å². The summed E-state index contributed by atoms with van der Waals surface area (Å²) in [6.45, 7) is 0. The zero-order chi connectivity index (χ0) is 10.8. The minimum Gasteiger partial charge on any atom is -0.208 e. The van der Waals surface area contributed by atoms with Gasteiger partial charge in [-0.3, -0.25) is 0 Å². The molecule has 3 heteroatoms. The Morgan fingerprint density at radius 2 is 1.53 bits per heavy atom. The molecule has 0 N–H and O–H groups in total. The summed E-state index contributed by atoms with van der Waals surface area (Å²) in [7, 11) is 3.74. The number of pyridine rings is 2. The lowest BCUT2D eigenvalue weighted by Crippen LogP contribution is -2.27. The summed E-state index contributed by atoms with van der Waals surface area (Å²) in [6.07, 6.45) is 7.12. The average Bonchev–Trinajstić information content (AvgIpc) is 2.20. The second-order valence-electron chi connectivity index (χ2n) is 3.62. The maximum atomic E-state index is 13.6. The Balaban J connectivity index is 2.49. The van der Waals surface area contributed by atoms with Gasteiger partial charge in [-0.05, 0) is 5.56 Å². The molecule has 2 rings (SSSR count). The van der Waals surface area contributed by atoms with E-state index in [9.17, 15) is 4.39 Å². The van der Waals surface area contributed by atoms with Crippen LogP contribution in [0.25, 0.3) is 11.1 Å². The van der Waals surface area contributed by atoms with Gasteiger partial charge < -0.3 is 0 Å². The third-order valence-electron chi connectivity index (χ3n) is 2.34. The van der Waals surface area contributed by atoms with Crippen molar-refractivity contribution in [2.45, 2.75) is 0 Å². The third kappa shape index (κ3) is 2.01. The molecule has 15 heavy (non-hydrogen) atoms.